The van der Waals surface area contributed by atoms with Gasteiger partial charge in [0.25, 0.3) is 5.91 Å². The SMILES string of the molecule is CC(=O)O[C@H](C(=O)Nc1cc(C2CC2)[nH]n1)c1ccccc1. The Hall–Kier alpha value is -2.63. The second-order valence-corrected chi connectivity index (χ2v) is 5.37. The first-order chi connectivity index (χ1) is 10.6. The number of H-pyrrole nitrogens is 1. The van der Waals surface area contributed by atoms with Crippen LogP contribution in [0, 0.1) is 0 Å². The topological polar surface area (TPSA) is 84.1 Å². The summed E-state index contributed by atoms with van der Waals surface area (Å²) in [6.45, 7) is 1.28. The van der Waals surface area contributed by atoms with Gasteiger partial charge in [-0.15, -0.1) is 0 Å². The number of benzene rings is 1. The number of hydrogen-bond acceptors (Lipinski definition) is 4. The molecule has 1 saturated carbocycles. The number of rotatable bonds is 5. The van der Waals surface area contributed by atoms with Gasteiger partial charge in [0.2, 0.25) is 6.10 Å². The molecule has 114 valence electrons. The van der Waals surface area contributed by atoms with Crippen molar-refractivity contribution in [2.24, 2.45) is 0 Å². The van der Waals surface area contributed by atoms with Crippen LogP contribution in [0.4, 0.5) is 5.82 Å². The summed E-state index contributed by atoms with van der Waals surface area (Å²) in [6.07, 6.45) is 1.31. The number of hydrogen-bond donors (Lipinski definition) is 2. The fourth-order valence-corrected chi connectivity index (χ4v) is 2.26. The van der Waals surface area contributed by atoms with Gasteiger partial charge in [0.05, 0.1) is 0 Å². The zero-order chi connectivity index (χ0) is 15.5. The van der Waals surface area contributed by atoms with E-state index in [4.69, 9.17) is 4.74 Å². The molecule has 1 aliphatic carbocycles. The number of amides is 1. The monoisotopic (exact) mass is 299 g/mol. The molecule has 6 nitrogen and oxygen atoms in total. The van der Waals surface area contributed by atoms with Gasteiger partial charge in [0.15, 0.2) is 5.82 Å². The zero-order valence-corrected chi connectivity index (χ0v) is 12.2. The number of nitrogens with one attached hydrogen (secondary N) is 2. The molecule has 0 aliphatic heterocycles. The van der Waals surface area contributed by atoms with Crippen molar-refractivity contribution in [3.8, 4) is 0 Å². The number of carbonyl (C=O) groups excluding carboxylic acids is 2. The lowest BCUT2D eigenvalue weighted by molar-refractivity contribution is -0.152. The molecule has 1 heterocycles. The van der Waals surface area contributed by atoms with Gasteiger partial charge in [-0.05, 0) is 12.8 Å². The van der Waals surface area contributed by atoms with Crippen LogP contribution >= 0.6 is 0 Å². The Kier molecular flexibility index (Phi) is 3.91. The lowest BCUT2D eigenvalue weighted by atomic mass is 10.1. The van der Waals surface area contributed by atoms with Crippen LogP contribution in [-0.2, 0) is 14.3 Å². The van der Waals surface area contributed by atoms with Gasteiger partial charge in [0, 0.05) is 30.2 Å². The predicted octanol–water partition coefficient (Wildman–Crippen LogP) is 2.53. The van der Waals surface area contributed by atoms with Crippen molar-refractivity contribution in [3.05, 3.63) is 47.7 Å². The average molecular weight is 299 g/mol. The molecule has 0 unspecified atom stereocenters. The lowest BCUT2D eigenvalue weighted by Gasteiger charge is -2.16. The van der Waals surface area contributed by atoms with Gasteiger partial charge in [0.1, 0.15) is 0 Å². The maximum atomic E-state index is 12.4. The molecule has 1 aromatic heterocycles. The van der Waals surface area contributed by atoms with Crippen LogP contribution in [0.2, 0.25) is 0 Å². The fraction of sp³-hybridized carbons (Fsp3) is 0.312. The van der Waals surface area contributed by atoms with E-state index in [1.165, 1.54) is 6.92 Å². The summed E-state index contributed by atoms with van der Waals surface area (Å²) >= 11 is 0. The van der Waals surface area contributed by atoms with Crippen LogP contribution in [0.15, 0.2) is 36.4 Å². The molecule has 1 aliphatic rings. The van der Waals surface area contributed by atoms with Gasteiger partial charge >= 0.3 is 5.97 Å². The molecule has 1 amide bonds. The van der Waals surface area contributed by atoms with Crippen molar-refractivity contribution in [2.75, 3.05) is 5.32 Å². The lowest BCUT2D eigenvalue weighted by Crippen LogP contribution is -2.25. The first-order valence-corrected chi connectivity index (χ1v) is 7.22. The molecule has 0 radical (unpaired) electrons. The summed E-state index contributed by atoms with van der Waals surface area (Å²) in [5, 5.41) is 9.69. The Balaban J connectivity index is 1.74. The minimum Gasteiger partial charge on any atom is -0.447 e. The molecule has 3 rings (SSSR count). The van der Waals surface area contributed by atoms with Crippen molar-refractivity contribution < 1.29 is 14.3 Å². The number of ether oxygens (including phenoxy) is 1. The molecule has 0 bridgehead atoms. The average Bonchev–Trinajstić information content (AvgIpc) is 3.26. The molecule has 0 saturated heterocycles. The van der Waals surface area contributed by atoms with Crippen molar-refractivity contribution >= 4 is 17.7 Å². The summed E-state index contributed by atoms with van der Waals surface area (Å²) in [4.78, 5) is 23.7. The van der Waals surface area contributed by atoms with Gasteiger partial charge in [-0.1, -0.05) is 30.3 Å². The van der Waals surface area contributed by atoms with E-state index in [-0.39, 0.29) is 0 Å². The van der Waals surface area contributed by atoms with Gasteiger partial charge in [-0.25, -0.2) is 0 Å². The van der Waals surface area contributed by atoms with E-state index in [1.807, 2.05) is 12.1 Å². The van der Waals surface area contributed by atoms with Crippen molar-refractivity contribution in [1.29, 1.82) is 0 Å². The van der Waals surface area contributed by atoms with Gasteiger partial charge in [-0.3, -0.25) is 14.7 Å². The maximum Gasteiger partial charge on any atom is 0.303 e. The Morgan fingerprint density at radius 1 is 1.32 bits per heavy atom. The number of aromatic amines is 1. The van der Waals surface area contributed by atoms with Crippen molar-refractivity contribution in [3.63, 3.8) is 0 Å². The van der Waals surface area contributed by atoms with Crippen molar-refractivity contribution in [2.45, 2.75) is 31.8 Å². The van der Waals surface area contributed by atoms with E-state index in [9.17, 15) is 9.59 Å². The van der Waals surface area contributed by atoms with Gasteiger partial charge in [-0.2, -0.15) is 5.10 Å². The van der Waals surface area contributed by atoms with E-state index in [0.717, 1.165) is 18.5 Å². The second kappa shape index (κ2) is 6.01. The van der Waals surface area contributed by atoms with Crippen LogP contribution in [0.1, 0.15) is 43.0 Å². The molecular weight excluding hydrogens is 282 g/mol. The first kappa shape index (κ1) is 14.3. The van der Waals surface area contributed by atoms with E-state index in [0.29, 0.717) is 17.3 Å². The second-order valence-electron chi connectivity index (χ2n) is 5.37. The minimum atomic E-state index is -0.986. The molecular formula is C16H17N3O3. The van der Waals surface area contributed by atoms with Crippen molar-refractivity contribution in [1.82, 2.24) is 10.2 Å². The first-order valence-electron chi connectivity index (χ1n) is 7.22. The summed E-state index contributed by atoms with van der Waals surface area (Å²) in [5.41, 5.74) is 1.65. The highest BCUT2D eigenvalue weighted by Gasteiger charge is 2.27. The molecule has 2 aromatic rings. The summed E-state index contributed by atoms with van der Waals surface area (Å²) in [7, 11) is 0. The standard InChI is InChI=1S/C16H17N3O3/c1-10(20)22-15(12-5-3-2-4-6-12)16(21)17-14-9-13(18-19-14)11-7-8-11/h2-6,9,11,15H,7-8H2,1H3,(H2,17,18,19,21)/t15-/m0/s1. The highest BCUT2D eigenvalue weighted by molar-refractivity contribution is 5.95. The molecule has 6 heteroatoms. The zero-order valence-electron chi connectivity index (χ0n) is 12.2. The summed E-state index contributed by atoms with van der Waals surface area (Å²) in [5.74, 6) is 0.0384. The van der Waals surface area contributed by atoms with Crippen LogP contribution in [-0.4, -0.2) is 22.1 Å². The smallest absolute Gasteiger partial charge is 0.303 e. The third-order valence-corrected chi connectivity index (χ3v) is 3.49. The number of nitrogens with zero attached hydrogens (tertiary/aromatic N) is 1. The number of carbonyl (C=O) groups is 2. The molecule has 22 heavy (non-hydrogen) atoms. The van der Waals surface area contributed by atoms with E-state index >= 15 is 0 Å². The van der Waals surface area contributed by atoms with Crippen LogP contribution in [0.5, 0.6) is 0 Å². The number of anilines is 1. The Bertz CT molecular complexity index is 677. The maximum absolute atomic E-state index is 12.4. The Labute approximate surface area is 127 Å². The third kappa shape index (κ3) is 3.33. The third-order valence-electron chi connectivity index (χ3n) is 3.49. The number of esters is 1. The predicted molar refractivity (Wildman–Crippen MR) is 80.1 cm³/mol. The van der Waals surface area contributed by atoms with Crippen LogP contribution in [0.25, 0.3) is 0 Å². The quantitative estimate of drug-likeness (QED) is 0.831. The highest BCUT2D eigenvalue weighted by Crippen LogP contribution is 2.39. The van der Waals surface area contributed by atoms with E-state index in [2.05, 4.69) is 15.5 Å². The minimum absolute atomic E-state index is 0.421. The summed E-state index contributed by atoms with van der Waals surface area (Å²) in [6, 6.07) is 10.7. The highest BCUT2D eigenvalue weighted by atomic mass is 16.5. The molecule has 2 N–H and O–H groups in total. The Morgan fingerprint density at radius 3 is 2.68 bits per heavy atom. The molecule has 1 atom stereocenters. The molecule has 1 fully saturated rings. The largest absolute Gasteiger partial charge is 0.447 e. The normalized spacial score (nSPS) is 15.1. The molecule has 0 spiro atoms. The van der Waals surface area contributed by atoms with E-state index < -0.39 is 18.0 Å². The van der Waals surface area contributed by atoms with Crippen LogP contribution in [0.3, 0.4) is 0 Å². The van der Waals surface area contributed by atoms with Gasteiger partial charge < -0.3 is 10.1 Å². The Morgan fingerprint density at radius 2 is 2.05 bits per heavy atom. The molecule has 1 aromatic carbocycles. The fourth-order valence-electron chi connectivity index (χ4n) is 2.26. The summed E-state index contributed by atoms with van der Waals surface area (Å²) < 4.78 is 5.15. The number of aromatic nitrogens is 2. The van der Waals surface area contributed by atoms with E-state index in [1.54, 1.807) is 24.3 Å². The van der Waals surface area contributed by atoms with Crippen LogP contribution < -0.4 is 5.32 Å².